The van der Waals surface area contributed by atoms with Crippen LogP contribution in [0.25, 0.3) is 17.2 Å². The maximum absolute atomic E-state index is 3.74. The van der Waals surface area contributed by atoms with Crippen LogP contribution in [0.15, 0.2) is 54.6 Å². The van der Waals surface area contributed by atoms with Crippen LogP contribution in [-0.4, -0.2) is 0 Å². The number of rotatable bonds is 1. The zero-order valence-corrected chi connectivity index (χ0v) is 23.8. The Bertz CT molecular complexity index is 1190. The van der Waals surface area contributed by atoms with Gasteiger partial charge in [0.2, 0.25) is 0 Å². The van der Waals surface area contributed by atoms with Gasteiger partial charge in [0, 0.05) is 25.8 Å². The second-order valence-electron chi connectivity index (χ2n) is 9.78. The number of benzene rings is 2. The number of fused-ring (bicyclic) bond motifs is 2. The van der Waals surface area contributed by atoms with E-state index < -0.39 is 0 Å². The molecule has 0 unspecified atom stereocenters. The zero-order chi connectivity index (χ0) is 19.4. The first-order chi connectivity index (χ1) is 12.7. The normalized spacial score (nSPS) is 13.7. The second kappa shape index (κ2) is 9.72. The van der Waals surface area contributed by atoms with Crippen LogP contribution in [0.2, 0.25) is 0 Å². The molecule has 0 aromatic heterocycles. The van der Waals surface area contributed by atoms with Crippen molar-refractivity contribution in [2.45, 2.75) is 48.0 Å². The van der Waals surface area contributed by atoms with Crippen molar-refractivity contribution in [3.05, 3.63) is 86.6 Å². The summed E-state index contributed by atoms with van der Waals surface area (Å²) in [4.78, 5) is 0. The number of halogens is 2. The van der Waals surface area contributed by atoms with Crippen molar-refractivity contribution in [3.63, 3.8) is 0 Å². The van der Waals surface area contributed by atoms with Crippen molar-refractivity contribution >= 4 is 17.2 Å². The maximum Gasteiger partial charge on any atom is 0 e. The summed E-state index contributed by atoms with van der Waals surface area (Å²) in [7, 11) is 0. The Hall–Kier alpha value is -0.890. The van der Waals surface area contributed by atoms with Crippen LogP contribution in [0.5, 0.6) is 0 Å². The summed E-state index contributed by atoms with van der Waals surface area (Å²) in [5.41, 5.74) is 5.77. The van der Waals surface area contributed by atoms with E-state index in [-0.39, 0.29) is 61.5 Å². The Morgan fingerprint density at radius 1 is 0.833 bits per heavy atom. The van der Waals surface area contributed by atoms with Gasteiger partial charge in [0.15, 0.2) is 0 Å². The monoisotopic (exact) mass is 603 g/mol. The van der Waals surface area contributed by atoms with Crippen LogP contribution in [0.4, 0.5) is 0 Å². The summed E-state index contributed by atoms with van der Waals surface area (Å²) in [6, 6.07) is 13.3. The van der Waals surface area contributed by atoms with Gasteiger partial charge >= 0.3 is 0 Å². The minimum atomic E-state index is 0. The molecular weight excluding hydrogens is 574 g/mol. The van der Waals surface area contributed by atoms with Crippen molar-refractivity contribution in [1.29, 1.82) is 0 Å². The Morgan fingerprint density at radius 2 is 1.47 bits per heavy atom. The fraction of sp³-hybridized carbons (Fsp3) is 0.333. The molecule has 0 N–H and O–H groups in total. The standard InChI is InChI=1S/C27H29.2ClH.Hf/c1-26(2,3)25(27(4,5)6)22-16-15-21-20-14-10-9-13-19(20)17-23(21)24(22)18-11-7-8-12-18;;;/h7-11,13-16H,12H2,1-6H3;2*1H;/q-1;;;/p-2. The van der Waals surface area contributed by atoms with Crippen LogP contribution >= 0.6 is 0 Å². The van der Waals surface area contributed by atoms with Crippen molar-refractivity contribution in [1.82, 2.24) is 0 Å². The first-order valence-electron chi connectivity index (χ1n) is 9.96. The number of hydrogen-bond donors (Lipinski definition) is 0. The second-order valence-corrected chi connectivity index (χ2v) is 9.78. The summed E-state index contributed by atoms with van der Waals surface area (Å²) in [5, 5.41) is 5.23. The van der Waals surface area contributed by atoms with Gasteiger partial charge in [-0.3, -0.25) is 0 Å². The average molecular weight is 603 g/mol. The molecule has 30 heavy (non-hydrogen) atoms. The zero-order valence-electron chi connectivity index (χ0n) is 18.7. The minimum Gasteiger partial charge on any atom is -1.00 e. The topological polar surface area (TPSA) is 0 Å². The smallest absolute Gasteiger partial charge is 0 e. The first-order valence-corrected chi connectivity index (χ1v) is 9.96. The molecule has 0 saturated heterocycles. The maximum atomic E-state index is 3.74. The molecular formula is C27H29Cl2Hf-3. The van der Waals surface area contributed by atoms with E-state index in [1.807, 2.05) is 0 Å². The number of hydrogen-bond acceptors (Lipinski definition) is 0. The van der Waals surface area contributed by atoms with E-state index in [1.165, 1.54) is 43.1 Å². The predicted octanol–water partition coefficient (Wildman–Crippen LogP) is -0.416. The van der Waals surface area contributed by atoms with Crippen molar-refractivity contribution in [3.8, 4) is 0 Å². The summed E-state index contributed by atoms with van der Waals surface area (Å²) < 4.78 is 0. The van der Waals surface area contributed by atoms with E-state index in [0.717, 1.165) is 6.42 Å². The molecule has 2 aliphatic rings. The molecule has 2 aromatic carbocycles. The molecule has 158 valence electrons. The van der Waals surface area contributed by atoms with Gasteiger partial charge in [0.25, 0.3) is 0 Å². The molecule has 4 rings (SSSR count). The average Bonchev–Trinajstić information content (AvgIpc) is 3.19. The largest absolute Gasteiger partial charge is 1.00 e. The molecule has 0 heterocycles. The van der Waals surface area contributed by atoms with Gasteiger partial charge < -0.3 is 24.8 Å². The quantitative estimate of drug-likeness (QED) is 0.263. The van der Waals surface area contributed by atoms with Crippen molar-refractivity contribution < 1.29 is 50.7 Å². The van der Waals surface area contributed by atoms with Crippen LogP contribution in [-0.2, 0) is 25.8 Å². The van der Waals surface area contributed by atoms with Crippen molar-refractivity contribution in [2.75, 3.05) is 0 Å². The van der Waals surface area contributed by atoms with Gasteiger partial charge in [-0.05, 0) is 17.3 Å². The summed E-state index contributed by atoms with van der Waals surface area (Å²) >= 11 is 0. The van der Waals surface area contributed by atoms with Gasteiger partial charge in [-0.25, -0.2) is 0 Å². The van der Waals surface area contributed by atoms with Gasteiger partial charge in [-0.15, -0.1) is 33.4 Å². The Labute approximate surface area is 212 Å². The molecule has 0 saturated carbocycles. The number of allylic oxidation sites excluding steroid dienone is 4. The van der Waals surface area contributed by atoms with E-state index >= 15 is 0 Å². The predicted molar refractivity (Wildman–Crippen MR) is 116 cm³/mol. The van der Waals surface area contributed by atoms with Gasteiger partial charge in [-0.2, -0.15) is 0 Å². The Kier molecular flexibility index (Phi) is 8.79. The van der Waals surface area contributed by atoms with E-state index in [9.17, 15) is 0 Å². The van der Waals surface area contributed by atoms with Gasteiger partial charge in [-0.1, -0.05) is 112 Å². The first kappa shape index (κ1) is 27.1. The van der Waals surface area contributed by atoms with E-state index in [2.05, 4.69) is 102 Å². The van der Waals surface area contributed by atoms with Crippen LogP contribution < -0.4 is 35.3 Å². The molecule has 2 aromatic rings. The van der Waals surface area contributed by atoms with E-state index in [4.69, 9.17) is 0 Å². The molecule has 0 spiro atoms. The third-order valence-electron chi connectivity index (χ3n) is 5.54. The Balaban J connectivity index is 0.00000150. The third-order valence-corrected chi connectivity index (χ3v) is 5.54. The summed E-state index contributed by atoms with van der Waals surface area (Å²) in [6.07, 6.45) is 11.5. The van der Waals surface area contributed by atoms with Crippen LogP contribution in [0, 0.1) is 21.3 Å². The van der Waals surface area contributed by atoms with Gasteiger partial charge in [0.1, 0.15) is 0 Å². The van der Waals surface area contributed by atoms with Crippen LogP contribution in [0.1, 0.15) is 59.1 Å². The minimum absolute atomic E-state index is 0. The Morgan fingerprint density at radius 3 is 2.03 bits per heavy atom. The molecule has 0 nitrogen and oxygen atoms in total. The molecule has 0 aliphatic heterocycles. The molecule has 2 aliphatic carbocycles. The third kappa shape index (κ3) is 4.79. The summed E-state index contributed by atoms with van der Waals surface area (Å²) in [6.45, 7) is 14.0. The molecule has 0 fully saturated rings. The fourth-order valence-corrected chi connectivity index (χ4v) is 5.03. The summed E-state index contributed by atoms with van der Waals surface area (Å²) in [5.74, 6) is 0. The van der Waals surface area contributed by atoms with E-state index in [0.29, 0.717) is 0 Å². The molecule has 0 bridgehead atoms. The molecule has 0 amide bonds. The van der Waals surface area contributed by atoms with Crippen molar-refractivity contribution in [2.24, 2.45) is 10.8 Å². The van der Waals surface area contributed by atoms with Crippen LogP contribution in [0.3, 0.4) is 0 Å². The SMILES string of the molecule is CC(C)(C)C(=c1ccc2c(c1C1=CC=CC1)[C-]=c1ccccc1=2)C(C)(C)C.[Cl-].[Cl-].[Hf]. The molecule has 0 radical (unpaired) electrons. The van der Waals surface area contributed by atoms with Gasteiger partial charge in [0.05, 0.1) is 0 Å². The molecule has 3 heteroatoms. The molecule has 0 atom stereocenters. The fourth-order valence-electron chi connectivity index (χ4n) is 5.03. The van der Waals surface area contributed by atoms with E-state index in [1.54, 1.807) is 0 Å².